The number of carbonyl (C=O) groups excluding carboxylic acids is 1. The van der Waals surface area contributed by atoms with Crippen LogP contribution in [0.3, 0.4) is 0 Å². The molecule has 6 heteroatoms. The first kappa shape index (κ1) is 19.1. The van der Waals surface area contributed by atoms with Gasteiger partial charge in [-0.25, -0.2) is 4.98 Å². The molecule has 0 aliphatic carbocycles. The minimum Gasteiger partial charge on any atom is -0.457 e. The molecule has 0 spiro atoms. The van der Waals surface area contributed by atoms with E-state index in [-0.39, 0.29) is 12.5 Å². The topological polar surface area (TPSA) is 56.6 Å². The van der Waals surface area contributed by atoms with E-state index in [4.69, 9.17) is 9.47 Å². The van der Waals surface area contributed by atoms with Crippen LogP contribution in [0.1, 0.15) is 11.3 Å². The van der Waals surface area contributed by atoms with E-state index in [1.165, 1.54) is 0 Å². The minimum absolute atomic E-state index is 0.0566. The Morgan fingerprint density at radius 2 is 1.58 bits per heavy atom. The molecule has 2 heterocycles. The molecule has 0 fully saturated rings. The van der Waals surface area contributed by atoms with Gasteiger partial charge in [-0.2, -0.15) is 0 Å². The molecule has 0 radical (unpaired) electrons. The molecule has 0 saturated heterocycles. The van der Waals surface area contributed by atoms with Crippen molar-refractivity contribution < 1.29 is 14.3 Å². The first-order valence-electron chi connectivity index (χ1n) is 10.1. The maximum atomic E-state index is 13.2. The Morgan fingerprint density at radius 1 is 0.806 bits per heavy atom. The summed E-state index contributed by atoms with van der Waals surface area (Å²) in [4.78, 5) is 19.1. The molecule has 4 bridgehead atoms. The summed E-state index contributed by atoms with van der Waals surface area (Å²) in [7, 11) is 0. The van der Waals surface area contributed by atoms with Crippen molar-refractivity contribution in [1.82, 2.24) is 9.55 Å². The number of ether oxygens (including phenoxy) is 2. The molecule has 154 valence electrons. The number of benzene rings is 3. The molecule has 0 N–H and O–H groups in total. The van der Waals surface area contributed by atoms with Gasteiger partial charge in [-0.3, -0.25) is 9.69 Å². The zero-order valence-electron chi connectivity index (χ0n) is 16.8. The molecule has 1 amide bonds. The molecule has 3 aromatic carbocycles. The summed E-state index contributed by atoms with van der Waals surface area (Å²) < 4.78 is 13.9. The first-order valence-corrected chi connectivity index (χ1v) is 10.1. The monoisotopic (exact) mass is 411 g/mol. The summed E-state index contributed by atoms with van der Waals surface area (Å²) in [6.07, 6.45) is 3.53. The highest BCUT2D eigenvalue weighted by Gasteiger charge is 2.19. The number of nitrogens with zero attached hydrogens (tertiary/aromatic N) is 3. The smallest absolute Gasteiger partial charge is 0.257 e. The van der Waals surface area contributed by atoms with Crippen LogP contribution in [0, 0.1) is 0 Å². The van der Waals surface area contributed by atoms with E-state index in [9.17, 15) is 4.79 Å². The lowest BCUT2D eigenvalue weighted by atomic mass is 10.2. The fourth-order valence-corrected chi connectivity index (χ4v) is 3.66. The standard InChI is InChI=1S/C25H21N3O3/c29-25-17-30-16-22-14-26-18-27(22)15-19-6-4-10-23(12-19)31-24-11-5-9-21(13-24)28(25)20-7-2-1-3-8-20/h1-14,18H,15-17H2. The van der Waals surface area contributed by atoms with Gasteiger partial charge in [0.15, 0.2) is 0 Å². The third-order valence-electron chi connectivity index (χ3n) is 5.10. The molecule has 4 aromatic rings. The van der Waals surface area contributed by atoms with Crippen molar-refractivity contribution in [3.05, 3.63) is 103 Å². The van der Waals surface area contributed by atoms with Crippen LogP contribution in [0.25, 0.3) is 0 Å². The number of anilines is 2. The maximum absolute atomic E-state index is 13.2. The van der Waals surface area contributed by atoms with Gasteiger partial charge in [0, 0.05) is 18.3 Å². The highest BCUT2D eigenvalue weighted by atomic mass is 16.5. The zero-order valence-corrected chi connectivity index (χ0v) is 16.8. The third kappa shape index (κ3) is 4.20. The van der Waals surface area contributed by atoms with Crippen molar-refractivity contribution in [2.75, 3.05) is 11.5 Å². The molecule has 0 atom stereocenters. The van der Waals surface area contributed by atoms with Gasteiger partial charge in [-0.15, -0.1) is 0 Å². The third-order valence-corrected chi connectivity index (χ3v) is 5.10. The molecule has 1 aromatic heterocycles. The van der Waals surface area contributed by atoms with Crippen molar-refractivity contribution in [3.63, 3.8) is 0 Å². The van der Waals surface area contributed by atoms with Crippen LogP contribution < -0.4 is 9.64 Å². The van der Waals surface area contributed by atoms with Gasteiger partial charge in [-0.1, -0.05) is 36.4 Å². The number of fused-ring (bicyclic) bond motifs is 5. The van der Waals surface area contributed by atoms with Gasteiger partial charge in [0.25, 0.3) is 5.91 Å². The van der Waals surface area contributed by atoms with E-state index in [1.807, 2.05) is 83.4 Å². The van der Waals surface area contributed by atoms with Crippen molar-refractivity contribution in [2.45, 2.75) is 13.2 Å². The van der Waals surface area contributed by atoms with Crippen molar-refractivity contribution in [3.8, 4) is 11.5 Å². The van der Waals surface area contributed by atoms with Crippen molar-refractivity contribution in [2.24, 2.45) is 0 Å². The summed E-state index contributed by atoms with van der Waals surface area (Å²) in [6, 6.07) is 25.0. The Hall–Kier alpha value is -3.90. The second kappa shape index (κ2) is 8.45. The van der Waals surface area contributed by atoms with Gasteiger partial charge in [-0.05, 0) is 42.0 Å². The summed E-state index contributed by atoms with van der Waals surface area (Å²) in [5.74, 6) is 1.23. The van der Waals surface area contributed by atoms with E-state index in [0.29, 0.717) is 24.6 Å². The largest absolute Gasteiger partial charge is 0.457 e. The summed E-state index contributed by atoms with van der Waals surface area (Å²) in [5.41, 5.74) is 3.48. The zero-order chi connectivity index (χ0) is 21.0. The molecule has 31 heavy (non-hydrogen) atoms. The van der Waals surface area contributed by atoms with Crippen molar-refractivity contribution in [1.29, 1.82) is 0 Å². The van der Waals surface area contributed by atoms with E-state index >= 15 is 0 Å². The van der Waals surface area contributed by atoms with Crippen LogP contribution in [-0.2, 0) is 22.7 Å². The van der Waals surface area contributed by atoms with E-state index < -0.39 is 0 Å². The molecular formula is C25H21N3O3. The average molecular weight is 411 g/mol. The Morgan fingerprint density at radius 3 is 2.45 bits per heavy atom. The molecular weight excluding hydrogens is 390 g/mol. The number of rotatable bonds is 1. The van der Waals surface area contributed by atoms with Gasteiger partial charge in [0.1, 0.15) is 18.1 Å². The fourth-order valence-electron chi connectivity index (χ4n) is 3.66. The number of amides is 1. The van der Waals surface area contributed by atoms with Gasteiger partial charge < -0.3 is 14.0 Å². The number of carbonyl (C=O) groups is 1. The molecule has 1 aliphatic heterocycles. The van der Waals surface area contributed by atoms with Crippen LogP contribution in [0.2, 0.25) is 0 Å². The lowest BCUT2D eigenvalue weighted by molar-refractivity contribution is -0.122. The van der Waals surface area contributed by atoms with E-state index in [2.05, 4.69) is 4.98 Å². The molecule has 5 rings (SSSR count). The predicted molar refractivity (Wildman–Crippen MR) is 118 cm³/mol. The van der Waals surface area contributed by atoms with Gasteiger partial charge >= 0.3 is 0 Å². The van der Waals surface area contributed by atoms with Crippen LogP contribution in [0.5, 0.6) is 11.5 Å². The molecule has 0 unspecified atom stereocenters. The molecule has 6 nitrogen and oxygen atoms in total. The Balaban J connectivity index is 1.57. The molecule has 0 saturated carbocycles. The average Bonchev–Trinajstić information content (AvgIpc) is 3.21. The van der Waals surface area contributed by atoms with Crippen molar-refractivity contribution >= 4 is 17.3 Å². The number of hydrogen-bond acceptors (Lipinski definition) is 4. The summed E-state index contributed by atoms with van der Waals surface area (Å²) >= 11 is 0. The highest BCUT2D eigenvalue weighted by Crippen LogP contribution is 2.31. The lowest BCUT2D eigenvalue weighted by Crippen LogP contribution is -2.29. The number of para-hydroxylation sites is 1. The normalized spacial score (nSPS) is 14.2. The van der Waals surface area contributed by atoms with E-state index in [1.54, 1.807) is 17.4 Å². The van der Waals surface area contributed by atoms with E-state index in [0.717, 1.165) is 22.7 Å². The highest BCUT2D eigenvalue weighted by molar-refractivity contribution is 6.01. The fraction of sp³-hybridized carbons (Fsp3) is 0.120. The minimum atomic E-state index is -0.162. The Kier molecular flexibility index (Phi) is 5.21. The molecule has 1 aliphatic rings. The number of imidazole rings is 1. The van der Waals surface area contributed by atoms with Crippen LogP contribution in [0.4, 0.5) is 11.4 Å². The predicted octanol–water partition coefficient (Wildman–Crippen LogP) is 4.92. The Labute approximate surface area is 180 Å². The van der Waals surface area contributed by atoms with Crippen LogP contribution >= 0.6 is 0 Å². The quantitative estimate of drug-likeness (QED) is 0.446. The SMILES string of the molecule is O=C1COCc2cncn2Cc2cccc(c2)Oc2cccc(c2)N1c1ccccc1. The maximum Gasteiger partial charge on any atom is 0.257 e. The van der Waals surface area contributed by atoms with Gasteiger partial charge in [0.05, 0.1) is 30.5 Å². The lowest BCUT2D eigenvalue weighted by Gasteiger charge is -2.23. The summed E-state index contributed by atoms with van der Waals surface area (Å²) in [6.45, 7) is 0.879. The van der Waals surface area contributed by atoms with Crippen LogP contribution in [-0.4, -0.2) is 22.1 Å². The number of aromatic nitrogens is 2. The summed E-state index contributed by atoms with van der Waals surface area (Å²) in [5, 5.41) is 0. The first-order chi connectivity index (χ1) is 15.3. The second-order valence-electron chi connectivity index (χ2n) is 7.32. The van der Waals surface area contributed by atoms with Gasteiger partial charge in [0.2, 0.25) is 0 Å². The second-order valence-corrected chi connectivity index (χ2v) is 7.32. The van der Waals surface area contributed by atoms with Crippen LogP contribution in [0.15, 0.2) is 91.4 Å². The number of hydrogen-bond donors (Lipinski definition) is 0. The Bertz CT molecular complexity index is 1200.